The molecule has 1 N–H and O–H groups in total. The fourth-order valence-corrected chi connectivity index (χ4v) is 2.09. The maximum Gasteiger partial charge on any atom is 0.420 e. The van der Waals surface area contributed by atoms with Crippen molar-refractivity contribution in [2.24, 2.45) is 5.41 Å². The summed E-state index contributed by atoms with van der Waals surface area (Å²) in [6.07, 6.45) is 0.744. The molecular formula is C16H22N2O3. The molecule has 5 heteroatoms. The van der Waals surface area contributed by atoms with Gasteiger partial charge in [0.2, 0.25) is 5.91 Å². The summed E-state index contributed by atoms with van der Waals surface area (Å²) in [4.78, 5) is 24.0. The van der Waals surface area contributed by atoms with Crippen LogP contribution in [0.3, 0.4) is 0 Å². The molecule has 0 unspecified atom stereocenters. The van der Waals surface area contributed by atoms with Crippen LogP contribution in [0.1, 0.15) is 34.1 Å². The Morgan fingerprint density at radius 1 is 1.33 bits per heavy atom. The molecule has 0 spiro atoms. The Bertz CT molecular complexity index is 691. The van der Waals surface area contributed by atoms with Gasteiger partial charge in [-0.2, -0.15) is 0 Å². The van der Waals surface area contributed by atoms with E-state index in [1.165, 1.54) is 0 Å². The first-order valence-corrected chi connectivity index (χ1v) is 7.22. The molecule has 0 aliphatic carbocycles. The molecule has 114 valence electrons. The fraction of sp³-hybridized carbons (Fsp3) is 0.500. The summed E-state index contributed by atoms with van der Waals surface area (Å²) in [5.74, 6) is -0.408. The van der Waals surface area contributed by atoms with E-state index in [4.69, 9.17) is 4.42 Å². The van der Waals surface area contributed by atoms with Crippen LogP contribution in [0.2, 0.25) is 0 Å². The standard InChI is InChI=1S/C16H22N2O3/c1-5-11(17-14(19)16(2,3)4)10-18-12-8-6-7-9-13(12)21-15(18)20/h6-9,11H,5,10H2,1-4H3,(H,17,19)/t11-/m1/s1. The van der Waals surface area contributed by atoms with Crippen molar-refractivity contribution in [1.29, 1.82) is 0 Å². The molecule has 0 fully saturated rings. The molecule has 0 saturated carbocycles. The lowest BCUT2D eigenvalue weighted by molar-refractivity contribution is -0.129. The number of amides is 1. The average molecular weight is 290 g/mol. The number of oxazole rings is 1. The Hall–Kier alpha value is -2.04. The van der Waals surface area contributed by atoms with Gasteiger partial charge >= 0.3 is 5.76 Å². The van der Waals surface area contributed by atoms with Crippen molar-refractivity contribution in [1.82, 2.24) is 9.88 Å². The van der Waals surface area contributed by atoms with E-state index in [0.717, 1.165) is 11.9 Å². The SMILES string of the molecule is CC[C@H](Cn1c(=O)oc2ccccc21)NC(=O)C(C)(C)C. The lowest BCUT2D eigenvalue weighted by atomic mass is 9.95. The molecule has 0 saturated heterocycles. The summed E-state index contributed by atoms with van der Waals surface area (Å²) in [6, 6.07) is 7.20. The van der Waals surface area contributed by atoms with Gasteiger partial charge in [0.1, 0.15) is 0 Å². The van der Waals surface area contributed by atoms with E-state index in [2.05, 4.69) is 5.32 Å². The number of benzene rings is 1. The van der Waals surface area contributed by atoms with Gasteiger partial charge in [-0.1, -0.05) is 39.8 Å². The van der Waals surface area contributed by atoms with Crippen LogP contribution < -0.4 is 11.1 Å². The topological polar surface area (TPSA) is 64.2 Å². The average Bonchev–Trinajstić information content (AvgIpc) is 2.73. The number of aromatic nitrogens is 1. The van der Waals surface area contributed by atoms with Gasteiger partial charge in [0.05, 0.1) is 5.52 Å². The second-order valence-corrected chi connectivity index (χ2v) is 6.27. The van der Waals surface area contributed by atoms with Crippen LogP contribution in [0.15, 0.2) is 33.5 Å². The first kappa shape index (κ1) is 15.4. The van der Waals surface area contributed by atoms with Crippen molar-refractivity contribution in [3.63, 3.8) is 0 Å². The van der Waals surface area contributed by atoms with Crippen LogP contribution in [-0.4, -0.2) is 16.5 Å². The molecule has 0 bridgehead atoms. The fourth-order valence-electron chi connectivity index (χ4n) is 2.09. The van der Waals surface area contributed by atoms with Gasteiger partial charge in [0.25, 0.3) is 0 Å². The first-order valence-electron chi connectivity index (χ1n) is 7.22. The molecule has 0 aliphatic heterocycles. The lowest BCUT2D eigenvalue weighted by Gasteiger charge is -2.23. The minimum atomic E-state index is -0.448. The quantitative estimate of drug-likeness (QED) is 0.941. The number of carbonyl (C=O) groups is 1. The first-order chi connectivity index (χ1) is 9.82. The Morgan fingerprint density at radius 3 is 2.62 bits per heavy atom. The van der Waals surface area contributed by atoms with Gasteiger partial charge in [-0.05, 0) is 18.6 Å². The number of nitrogens with one attached hydrogen (secondary N) is 1. The molecule has 0 aliphatic rings. The number of nitrogens with zero attached hydrogens (tertiary/aromatic N) is 1. The van der Waals surface area contributed by atoms with E-state index in [1.807, 2.05) is 45.9 Å². The van der Waals surface area contributed by atoms with Gasteiger partial charge in [-0.3, -0.25) is 9.36 Å². The summed E-state index contributed by atoms with van der Waals surface area (Å²) >= 11 is 0. The zero-order valence-corrected chi connectivity index (χ0v) is 13.0. The van der Waals surface area contributed by atoms with Crippen molar-refractivity contribution in [3.05, 3.63) is 34.8 Å². The molecule has 1 aromatic carbocycles. The Balaban J connectivity index is 2.23. The highest BCUT2D eigenvalue weighted by atomic mass is 16.4. The highest BCUT2D eigenvalue weighted by Crippen LogP contribution is 2.15. The molecule has 1 atom stereocenters. The summed E-state index contributed by atoms with van der Waals surface area (Å²) in [5, 5.41) is 3.00. The Morgan fingerprint density at radius 2 is 2.00 bits per heavy atom. The smallest absolute Gasteiger partial charge is 0.408 e. The van der Waals surface area contributed by atoms with E-state index < -0.39 is 5.41 Å². The second kappa shape index (κ2) is 5.76. The molecule has 0 radical (unpaired) electrons. The Labute approximate surface area is 123 Å². The van der Waals surface area contributed by atoms with Crippen molar-refractivity contribution in [2.45, 2.75) is 46.7 Å². The van der Waals surface area contributed by atoms with Crippen LogP contribution >= 0.6 is 0 Å². The predicted octanol–water partition coefficient (Wildman–Crippen LogP) is 2.54. The van der Waals surface area contributed by atoms with Crippen molar-refractivity contribution >= 4 is 17.0 Å². The Kier molecular flexibility index (Phi) is 4.21. The molecule has 2 rings (SSSR count). The van der Waals surface area contributed by atoms with E-state index >= 15 is 0 Å². The third-order valence-electron chi connectivity index (χ3n) is 3.49. The van der Waals surface area contributed by atoms with Crippen LogP contribution in [0.4, 0.5) is 0 Å². The van der Waals surface area contributed by atoms with E-state index in [-0.39, 0.29) is 17.7 Å². The third kappa shape index (κ3) is 3.35. The number of fused-ring (bicyclic) bond motifs is 1. The number of rotatable bonds is 4. The minimum absolute atomic E-state index is 0.0183. The molecule has 1 heterocycles. The van der Waals surface area contributed by atoms with E-state index in [0.29, 0.717) is 12.1 Å². The van der Waals surface area contributed by atoms with Gasteiger partial charge in [0, 0.05) is 18.0 Å². The van der Waals surface area contributed by atoms with Gasteiger partial charge in [-0.15, -0.1) is 0 Å². The van der Waals surface area contributed by atoms with E-state index in [9.17, 15) is 9.59 Å². The van der Waals surface area contributed by atoms with Crippen LogP contribution in [0, 0.1) is 5.41 Å². The lowest BCUT2D eigenvalue weighted by Crippen LogP contribution is -2.44. The van der Waals surface area contributed by atoms with Gasteiger partial charge in [-0.25, -0.2) is 4.79 Å². The zero-order chi connectivity index (χ0) is 15.6. The normalized spacial score (nSPS) is 13.3. The van der Waals surface area contributed by atoms with Crippen molar-refractivity contribution in [3.8, 4) is 0 Å². The maximum absolute atomic E-state index is 12.1. The summed E-state index contributed by atoms with van der Waals surface area (Å²) in [7, 11) is 0. The van der Waals surface area contributed by atoms with Crippen LogP contribution in [-0.2, 0) is 11.3 Å². The predicted molar refractivity (Wildman–Crippen MR) is 82.2 cm³/mol. The van der Waals surface area contributed by atoms with E-state index in [1.54, 1.807) is 10.6 Å². The molecule has 1 amide bonds. The molecule has 2 aromatic rings. The minimum Gasteiger partial charge on any atom is -0.408 e. The molecule has 21 heavy (non-hydrogen) atoms. The zero-order valence-electron chi connectivity index (χ0n) is 13.0. The number of para-hydroxylation sites is 2. The number of carbonyl (C=O) groups excluding carboxylic acids is 1. The largest absolute Gasteiger partial charge is 0.420 e. The highest BCUT2D eigenvalue weighted by molar-refractivity contribution is 5.81. The second-order valence-electron chi connectivity index (χ2n) is 6.27. The highest BCUT2D eigenvalue weighted by Gasteiger charge is 2.24. The monoisotopic (exact) mass is 290 g/mol. The summed E-state index contributed by atoms with van der Waals surface area (Å²) in [5.41, 5.74) is 0.877. The number of hydrogen-bond acceptors (Lipinski definition) is 3. The maximum atomic E-state index is 12.1. The molecule has 1 aromatic heterocycles. The van der Waals surface area contributed by atoms with Crippen molar-refractivity contribution in [2.75, 3.05) is 0 Å². The summed E-state index contributed by atoms with van der Waals surface area (Å²) in [6.45, 7) is 8.01. The molecular weight excluding hydrogens is 268 g/mol. The van der Waals surface area contributed by atoms with Crippen molar-refractivity contribution < 1.29 is 9.21 Å². The molecule has 5 nitrogen and oxygen atoms in total. The number of hydrogen-bond donors (Lipinski definition) is 1. The van der Waals surface area contributed by atoms with Crippen LogP contribution in [0.25, 0.3) is 11.1 Å². The third-order valence-corrected chi connectivity index (χ3v) is 3.49. The van der Waals surface area contributed by atoms with Gasteiger partial charge in [0.15, 0.2) is 5.58 Å². The van der Waals surface area contributed by atoms with Crippen LogP contribution in [0.5, 0.6) is 0 Å². The summed E-state index contributed by atoms with van der Waals surface area (Å²) < 4.78 is 6.79. The van der Waals surface area contributed by atoms with Gasteiger partial charge < -0.3 is 9.73 Å².